The van der Waals surface area contributed by atoms with Gasteiger partial charge >= 0.3 is 0 Å². The first-order chi connectivity index (χ1) is 7.20. The quantitative estimate of drug-likeness (QED) is 0.564. The van der Waals surface area contributed by atoms with Crippen molar-refractivity contribution < 1.29 is 0 Å². The summed E-state index contributed by atoms with van der Waals surface area (Å²) < 4.78 is 0. The Balaban J connectivity index is 2.38. The van der Waals surface area contributed by atoms with Gasteiger partial charge in [0.15, 0.2) is 0 Å². The van der Waals surface area contributed by atoms with Gasteiger partial charge in [0.1, 0.15) is 11.7 Å². The Morgan fingerprint density at radius 2 is 2.47 bits per heavy atom. The van der Waals surface area contributed by atoms with Crippen molar-refractivity contribution in [2.75, 3.05) is 11.4 Å². The normalized spacial score (nSPS) is 20.6. The van der Waals surface area contributed by atoms with Gasteiger partial charge in [0.05, 0.1) is 5.56 Å². The third-order valence-electron chi connectivity index (χ3n) is 2.90. The topological polar surface area (TPSA) is 66.0 Å². The number of nitrogen functional groups attached to an aromatic ring is 1. The lowest BCUT2D eigenvalue weighted by Crippen LogP contribution is -2.30. The molecule has 0 aliphatic carbocycles. The first-order valence-electron chi connectivity index (χ1n) is 5.26. The van der Waals surface area contributed by atoms with Crippen molar-refractivity contribution in [1.82, 2.24) is 4.98 Å². The zero-order chi connectivity index (χ0) is 10.8. The number of nitrogens with two attached hydrogens (primary N) is 1. The van der Waals surface area contributed by atoms with E-state index in [2.05, 4.69) is 16.8 Å². The van der Waals surface area contributed by atoms with E-state index in [4.69, 9.17) is 11.1 Å². The monoisotopic (exact) mass is 204 g/mol. The minimum absolute atomic E-state index is 0.0946. The number of rotatable bonds is 2. The molecule has 1 unspecified atom stereocenters. The van der Waals surface area contributed by atoms with E-state index in [0.717, 1.165) is 17.9 Å². The zero-order valence-electron chi connectivity index (χ0n) is 8.90. The Hall–Kier alpha value is -1.58. The highest BCUT2D eigenvalue weighted by Gasteiger charge is 2.23. The molecule has 1 aliphatic heterocycles. The predicted molar refractivity (Wildman–Crippen MR) is 61.3 cm³/mol. The van der Waals surface area contributed by atoms with Crippen LogP contribution in [0.4, 0.5) is 5.82 Å². The highest BCUT2D eigenvalue weighted by Crippen LogP contribution is 2.25. The summed E-state index contributed by atoms with van der Waals surface area (Å²) >= 11 is 0. The molecule has 4 heteroatoms. The van der Waals surface area contributed by atoms with Crippen LogP contribution < -0.4 is 10.6 Å². The van der Waals surface area contributed by atoms with Gasteiger partial charge in [-0.25, -0.2) is 4.98 Å². The number of pyridine rings is 1. The minimum atomic E-state index is 0.0946. The van der Waals surface area contributed by atoms with Crippen LogP contribution in [0, 0.1) is 5.41 Å². The average Bonchev–Trinajstić information content (AvgIpc) is 2.64. The van der Waals surface area contributed by atoms with Gasteiger partial charge in [-0.2, -0.15) is 0 Å². The molecule has 2 heterocycles. The van der Waals surface area contributed by atoms with Gasteiger partial charge in [0.25, 0.3) is 0 Å². The number of hydrogen-bond acceptors (Lipinski definition) is 3. The van der Waals surface area contributed by atoms with Crippen molar-refractivity contribution in [3.63, 3.8) is 0 Å². The van der Waals surface area contributed by atoms with Gasteiger partial charge in [0.2, 0.25) is 0 Å². The zero-order valence-corrected chi connectivity index (χ0v) is 8.90. The molecule has 0 radical (unpaired) electrons. The maximum absolute atomic E-state index is 7.52. The standard InChI is InChI=1S/C11H16N4/c1-8-4-3-7-15(8)11-9(10(12)13)5-2-6-14-11/h2,5-6,8H,3-4,7H2,1H3,(H3,12,13). The molecule has 1 fully saturated rings. The van der Waals surface area contributed by atoms with Gasteiger partial charge in [-0.3, -0.25) is 5.41 Å². The number of anilines is 1. The van der Waals surface area contributed by atoms with Crippen molar-refractivity contribution in [2.24, 2.45) is 5.73 Å². The fraction of sp³-hybridized carbons (Fsp3) is 0.455. The molecule has 15 heavy (non-hydrogen) atoms. The maximum Gasteiger partial charge on any atom is 0.139 e. The van der Waals surface area contributed by atoms with Crippen molar-refractivity contribution in [3.05, 3.63) is 23.9 Å². The molecular weight excluding hydrogens is 188 g/mol. The first kappa shape index (κ1) is 9.96. The predicted octanol–water partition coefficient (Wildman–Crippen LogP) is 1.35. The fourth-order valence-electron chi connectivity index (χ4n) is 2.08. The molecule has 0 saturated carbocycles. The number of nitrogens with zero attached hydrogens (tertiary/aromatic N) is 2. The summed E-state index contributed by atoms with van der Waals surface area (Å²) in [5, 5.41) is 7.52. The van der Waals surface area contributed by atoms with Crippen LogP contribution in [0.25, 0.3) is 0 Å². The van der Waals surface area contributed by atoms with Gasteiger partial charge < -0.3 is 10.6 Å². The molecule has 1 aliphatic rings. The van der Waals surface area contributed by atoms with Crippen LogP contribution >= 0.6 is 0 Å². The Kier molecular flexibility index (Phi) is 2.58. The first-order valence-corrected chi connectivity index (χ1v) is 5.26. The molecule has 0 amide bonds. The van der Waals surface area contributed by atoms with Crippen LogP contribution in [-0.4, -0.2) is 23.4 Å². The summed E-state index contributed by atoms with van der Waals surface area (Å²) in [6.07, 6.45) is 4.13. The lowest BCUT2D eigenvalue weighted by molar-refractivity contribution is 0.726. The van der Waals surface area contributed by atoms with E-state index >= 15 is 0 Å². The van der Waals surface area contributed by atoms with E-state index in [1.54, 1.807) is 6.20 Å². The summed E-state index contributed by atoms with van der Waals surface area (Å²) in [4.78, 5) is 6.57. The molecule has 0 spiro atoms. The fourth-order valence-corrected chi connectivity index (χ4v) is 2.08. The molecule has 3 N–H and O–H groups in total. The molecule has 0 aromatic carbocycles. The van der Waals surface area contributed by atoms with Gasteiger partial charge in [-0.1, -0.05) is 0 Å². The van der Waals surface area contributed by atoms with E-state index in [9.17, 15) is 0 Å². The molecular formula is C11H16N4. The highest BCUT2D eigenvalue weighted by molar-refractivity contribution is 5.99. The molecule has 80 valence electrons. The third kappa shape index (κ3) is 1.79. The lowest BCUT2D eigenvalue weighted by Gasteiger charge is -2.24. The van der Waals surface area contributed by atoms with E-state index < -0.39 is 0 Å². The van der Waals surface area contributed by atoms with Crippen LogP contribution in [0.15, 0.2) is 18.3 Å². The van der Waals surface area contributed by atoms with Crippen LogP contribution in [0.5, 0.6) is 0 Å². The van der Waals surface area contributed by atoms with Crippen LogP contribution in [0.3, 0.4) is 0 Å². The molecule has 4 nitrogen and oxygen atoms in total. The molecule has 0 bridgehead atoms. The second-order valence-electron chi connectivity index (χ2n) is 3.97. The number of aromatic nitrogens is 1. The maximum atomic E-state index is 7.52. The molecule has 2 rings (SSSR count). The van der Waals surface area contributed by atoms with Crippen LogP contribution in [0.1, 0.15) is 25.3 Å². The Morgan fingerprint density at radius 3 is 3.07 bits per heavy atom. The van der Waals surface area contributed by atoms with Crippen LogP contribution in [-0.2, 0) is 0 Å². The minimum Gasteiger partial charge on any atom is -0.384 e. The SMILES string of the molecule is CC1CCCN1c1ncccc1C(=N)N. The van der Waals surface area contributed by atoms with Crippen molar-refractivity contribution in [3.8, 4) is 0 Å². The summed E-state index contributed by atoms with van der Waals surface area (Å²) in [5.41, 5.74) is 6.29. The van der Waals surface area contributed by atoms with Crippen LogP contribution in [0.2, 0.25) is 0 Å². The Labute approximate surface area is 89.6 Å². The summed E-state index contributed by atoms with van der Waals surface area (Å²) in [6, 6.07) is 4.18. The third-order valence-corrected chi connectivity index (χ3v) is 2.90. The lowest BCUT2D eigenvalue weighted by atomic mass is 10.2. The largest absolute Gasteiger partial charge is 0.384 e. The van der Waals surface area contributed by atoms with Gasteiger partial charge in [-0.05, 0) is 31.9 Å². The van der Waals surface area contributed by atoms with Crippen molar-refractivity contribution in [1.29, 1.82) is 5.41 Å². The molecule has 1 aromatic heterocycles. The Morgan fingerprint density at radius 1 is 1.67 bits per heavy atom. The average molecular weight is 204 g/mol. The van der Waals surface area contributed by atoms with E-state index in [-0.39, 0.29) is 5.84 Å². The summed E-state index contributed by atoms with van der Waals surface area (Å²) in [5.74, 6) is 0.951. The highest BCUT2D eigenvalue weighted by atomic mass is 15.2. The summed E-state index contributed by atoms with van der Waals surface area (Å²) in [6.45, 7) is 3.20. The molecule has 1 atom stereocenters. The van der Waals surface area contributed by atoms with E-state index in [0.29, 0.717) is 6.04 Å². The number of amidine groups is 1. The van der Waals surface area contributed by atoms with Gasteiger partial charge in [0, 0.05) is 18.8 Å². The van der Waals surface area contributed by atoms with Gasteiger partial charge in [-0.15, -0.1) is 0 Å². The number of nitrogens with one attached hydrogen (secondary N) is 1. The summed E-state index contributed by atoms with van der Waals surface area (Å²) in [7, 11) is 0. The molecule has 1 aromatic rings. The second-order valence-corrected chi connectivity index (χ2v) is 3.97. The molecule has 1 saturated heterocycles. The van der Waals surface area contributed by atoms with E-state index in [1.807, 2.05) is 12.1 Å². The number of hydrogen-bond donors (Lipinski definition) is 2. The smallest absolute Gasteiger partial charge is 0.139 e. The Bertz CT molecular complexity index is 375. The van der Waals surface area contributed by atoms with Crippen molar-refractivity contribution in [2.45, 2.75) is 25.8 Å². The van der Waals surface area contributed by atoms with E-state index in [1.165, 1.54) is 12.8 Å². The van der Waals surface area contributed by atoms with Crippen molar-refractivity contribution >= 4 is 11.7 Å². The second kappa shape index (κ2) is 3.88.